The van der Waals surface area contributed by atoms with Crippen molar-refractivity contribution in [2.45, 2.75) is 51.2 Å². The number of hydrogen-bond acceptors (Lipinski definition) is 3. The van der Waals surface area contributed by atoms with Crippen LogP contribution in [0, 0.1) is 13.0 Å². The molecule has 20 heavy (non-hydrogen) atoms. The first-order chi connectivity index (χ1) is 9.02. The maximum Gasteiger partial charge on any atom is 0.308 e. The van der Waals surface area contributed by atoms with Gasteiger partial charge in [0.05, 0.1) is 6.10 Å². The minimum atomic E-state index is -0.375. The third kappa shape index (κ3) is 4.43. The Morgan fingerprint density at radius 3 is 2.90 bits per heavy atom. The Bertz CT molecular complexity index is 461. The van der Waals surface area contributed by atoms with E-state index in [9.17, 15) is 4.79 Å². The Balaban J connectivity index is 0.00000200. The molecule has 2 rings (SSSR count). The number of ether oxygens (including phenoxy) is 2. The molecule has 1 aromatic rings. The summed E-state index contributed by atoms with van der Waals surface area (Å²) in [6, 6.07) is 8.83. The predicted octanol–water partition coefficient (Wildman–Crippen LogP) is 2.84. The van der Waals surface area contributed by atoms with Gasteiger partial charge in [0.1, 0.15) is 5.60 Å². The van der Waals surface area contributed by atoms with Gasteiger partial charge in [-0.3, -0.25) is 4.79 Å². The summed E-state index contributed by atoms with van der Waals surface area (Å²) < 4.78 is 11.0. The number of esters is 1. The molecule has 2 atom stereocenters. The molecule has 1 saturated carbocycles. The molecule has 1 aliphatic rings. The molecule has 110 valence electrons. The number of benzene rings is 1. The van der Waals surface area contributed by atoms with Crippen molar-refractivity contribution < 1.29 is 35.3 Å². The van der Waals surface area contributed by atoms with Crippen LogP contribution in [0.25, 0.3) is 0 Å². The second-order valence-electron chi connectivity index (χ2n) is 5.53. The minimum Gasteiger partial charge on any atom is -0.459 e. The molecule has 0 aromatic heterocycles. The van der Waals surface area contributed by atoms with Gasteiger partial charge in [0.2, 0.25) is 0 Å². The fraction of sp³-hybridized carbons (Fsp3) is 0.562. The van der Waals surface area contributed by atoms with Crippen LogP contribution in [0.2, 0.25) is 0 Å². The second-order valence-corrected chi connectivity index (χ2v) is 5.53. The number of rotatable bonds is 4. The third-order valence-corrected chi connectivity index (χ3v) is 3.85. The zero-order valence-corrected chi connectivity index (χ0v) is 15.2. The Hall–Kier alpha value is -0.662. The van der Waals surface area contributed by atoms with Crippen LogP contribution in [0.3, 0.4) is 0 Å². The van der Waals surface area contributed by atoms with Crippen molar-refractivity contribution in [3.63, 3.8) is 0 Å². The summed E-state index contributed by atoms with van der Waals surface area (Å²) >= 11 is 0. The van der Waals surface area contributed by atoms with Gasteiger partial charge < -0.3 is 9.47 Å². The monoisotopic (exact) mass is 445 g/mol. The molecule has 4 heteroatoms. The van der Waals surface area contributed by atoms with Gasteiger partial charge in [-0.2, -0.15) is 29.8 Å². The van der Waals surface area contributed by atoms with Crippen LogP contribution in [0.5, 0.6) is 0 Å². The van der Waals surface area contributed by atoms with E-state index in [0.717, 1.165) is 30.4 Å². The predicted molar refractivity (Wildman–Crippen MR) is 72.9 cm³/mol. The van der Waals surface area contributed by atoms with Crippen molar-refractivity contribution >= 4 is 5.97 Å². The van der Waals surface area contributed by atoms with E-state index >= 15 is 0 Å². The number of carbonyl (C=O) groups is 1. The van der Waals surface area contributed by atoms with Crippen molar-refractivity contribution in [2.75, 3.05) is 7.11 Å². The summed E-state index contributed by atoms with van der Waals surface area (Å²) in [6.07, 6.45) is 3.11. The van der Waals surface area contributed by atoms with Gasteiger partial charge in [0.15, 0.2) is 0 Å². The smallest absolute Gasteiger partial charge is 0.308 e. The van der Waals surface area contributed by atoms with Crippen molar-refractivity contribution in [3.8, 4) is 0 Å². The van der Waals surface area contributed by atoms with Gasteiger partial charge in [-0.1, -0.05) is 6.92 Å². The molecular weight excluding hydrogens is 424 g/mol. The van der Waals surface area contributed by atoms with E-state index < -0.39 is 0 Å². The summed E-state index contributed by atoms with van der Waals surface area (Å²) in [4.78, 5) is 12.0. The number of carbonyl (C=O) groups excluding carboxylic acids is 1. The second kappa shape index (κ2) is 7.38. The summed E-state index contributed by atoms with van der Waals surface area (Å²) in [5.41, 5.74) is 1.61. The average Bonchev–Trinajstić information content (AvgIpc) is 2.73. The molecular formula is C16H21O3W-. The molecule has 1 fully saturated rings. The standard InChI is InChI=1S/C16H21O3.W/c1-12-6-4-5-7-13(12)10-15(17)19-16(2)9-8-14(11-16)18-3;/h4-6,14H,8-11H2,1-3H3;/q-1;. The summed E-state index contributed by atoms with van der Waals surface area (Å²) in [5.74, 6) is -0.176. The van der Waals surface area contributed by atoms with Crippen LogP contribution >= 0.6 is 0 Å². The largest absolute Gasteiger partial charge is 0.459 e. The first kappa shape index (κ1) is 17.4. The van der Waals surface area contributed by atoms with Gasteiger partial charge in [-0.05, 0) is 19.8 Å². The van der Waals surface area contributed by atoms with Crippen LogP contribution < -0.4 is 0 Å². The van der Waals surface area contributed by atoms with Gasteiger partial charge in [-0.25, -0.2) is 0 Å². The Morgan fingerprint density at radius 2 is 2.30 bits per heavy atom. The Labute approximate surface area is 135 Å². The molecule has 0 amide bonds. The fourth-order valence-corrected chi connectivity index (χ4v) is 2.65. The number of aryl methyl sites for hydroxylation is 1. The molecule has 1 aliphatic carbocycles. The third-order valence-electron chi connectivity index (χ3n) is 3.85. The van der Waals surface area contributed by atoms with E-state index in [0.29, 0.717) is 6.42 Å². The first-order valence-corrected chi connectivity index (χ1v) is 6.73. The van der Waals surface area contributed by atoms with Crippen LogP contribution in [0.1, 0.15) is 37.3 Å². The SMILES string of the molecule is COC1CCC(C)(OC(=O)Cc2[c-]cccc2C)C1.[W]. The Kier molecular flexibility index (Phi) is 6.41. The molecule has 2 unspecified atom stereocenters. The van der Waals surface area contributed by atoms with Crippen molar-refractivity contribution in [2.24, 2.45) is 0 Å². The average molecular weight is 445 g/mol. The van der Waals surface area contributed by atoms with E-state index in [1.807, 2.05) is 32.0 Å². The molecule has 0 saturated heterocycles. The number of hydrogen-bond donors (Lipinski definition) is 0. The molecule has 0 bridgehead atoms. The first-order valence-electron chi connectivity index (χ1n) is 6.73. The molecule has 0 N–H and O–H groups in total. The summed E-state index contributed by atoms with van der Waals surface area (Å²) in [6.45, 7) is 3.98. The van der Waals surface area contributed by atoms with Crippen LogP contribution in [0.4, 0.5) is 0 Å². The van der Waals surface area contributed by atoms with Gasteiger partial charge >= 0.3 is 5.97 Å². The van der Waals surface area contributed by atoms with Gasteiger partial charge in [0.25, 0.3) is 0 Å². The molecule has 0 spiro atoms. The van der Waals surface area contributed by atoms with Crippen LogP contribution in [-0.2, 0) is 41.8 Å². The van der Waals surface area contributed by atoms with Crippen LogP contribution in [0.15, 0.2) is 18.2 Å². The van der Waals surface area contributed by atoms with E-state index in [1.165, 1.54) is 0 Å². The zero-order valence-electron chi connectivity index (χ0n) is 12.3. The van der Waals surface area contributed by atoms with E-state index in [4.69, 9.17) is 9.47 Å². The molecule has 0 heterocycles. The normalized spacial score (nSPS) is 25.1. The van der Waals surface area contributed by atoms with Crippen LogP contribution in [-0.4, -0.2) is 24.8 Å². The maximum absolute atomic E-state index is 12.0. The molecule has 3 nitrogen and oxygen atoms in total. The molecule has 0 radical (unpaired) electrons. The summed E-state index contributed by atoms with van der Waals surface area (Å²) in [5, 5.41) is 0. The van der Waals surface area contributed by atoms with Gasteiger partial charge in [-0.15, -0.1) is 5.56 Å². The number of methoxy groups -OCH3 is 1. The van der Waals surface area contributed by atoms with Crippen molar-refractivity contribution in [3.05, 3.63) is 35.4 Å². The Morgan fingerprint density at radius 1 is 1.55 bits per heavy atom. The maximum atomic E-state index is 12.0. The topological polar surface area (TPSA) is 35.5 Å². The van der Waals surface area contributed by atoms with E-state index in [2.05, 4.69) is 6.07 Å². The fourth-order valence-electron chi connectivity index (χ4n) is 2.65. The quantitative estimate of drug-likeness (QED) is 0.529. The minimum absolute atomic E-state index is 0. The summed E-state index contributed by atoms with van der Waals surface area (Å²) in [7, 11) is 1.71. The zero-order chi connectivity index (χ0) is 13.9. The van der Waals surface area contributed by atoms with Crippen molar-refractivity contribution in [1.82, 2.24) is 0 Å². The van der Waals surface area contributed by atoms with Gasteiger partial charge in [0, 0.05) is 41.0 Å². The van der Waals surface area contributed by atoms with E-state index in [1.54, 1.807) is 7.11 Å². The molecule has 0 aliphatic heterocycles. The van der Waals surface area contributed by atoms with E-state index in [-0.39, 0.29) is 38.7 Å². The molecule has 1 aromatic carbocycles. The van der Waals surface area contributed by atoms with Crippen molar-refractivity contribution in [1.29, 1.82) is 0 Å².